The van der Waals surface area contributed by atoms with Gasteiger partial charge in [-0.25, -0.2) is 0 Å². The summed E-state index contributed by atoms with van der Waals surface area (Å²) in [4.78, 5) is 10.1. The quantitative estimate of drug-likeness (QED) is 0.437. The van der Waals surface area contributed by atoms with E-state index in [4.69, 9.17) is 10.8 Å². The van der Waals surface area contributed by atoms with Gasteiger partial charge >= 0.3 is 5.97 Å². The molecule has 4 N–H and O–H groups in total. The molecule has 0 aromatic rings. The molecule has 0 aliphatic rings. The van der Waals surface area contributed by atoms with E-state index < -0.39 is 18.1 Å². The minimum atomic E-state index is -1.01. The van der Waals surface area contributed by atoms with Gasteiger partial charge in [-0.2, -0.15) is 12.6 Å². The maximum absolute atomic E-state index is 10.1. The molecule has 0 aliphatic heterocycles. The van der Waals surface area contributed by atoms with E-state index in [1.807, 2.05) is 0 Å². The van der Waals surface area contributed by atoms with Gasteiger partial charge in [0.1, 0.15) is 0 Å². The highest BCUT2D eigenvalue weighted by Crippen LogP contribution is 2.06. The molecular formula is C6H13NO3S. The molecule has 0 spiro atoms. The number of carbonyl (C=O) groups is 1. The maximum atomic E-state index is 10.1. The van der Waals surface area contributed by atoms with Gasteiger partial charge < -0.3 is 15.9 Å². The third-order valence-corrected chi connectivity index (χ3v) is 1.65. The molecule has 3 unspecified atom stereocenters. The lowest BCUT2D eigenvalue weighted by molar-refractivity contribution is -0.138. The van der Waals surface area contributed by atoms with Crippen LogP contribution in [0.2, 0.25) is 0 Å². The first-order valence-corrected chi connectivity index (χ1v) is 3.80. The van der Waals surface area contributed by atoms with E-state index in [2.05, 4.69) is 12.6 Å². The fraction of sp³-hybridized carbons (Fsp3) is 0.833. The zero-order valence-corrected chi connectivity index (χ0v) is 7.16. The van der Waals surface area contributed by atoms with Gasteiger partial charge in [0.05, 0.1) is 12.5 Å². The van der Waals surface area contributed by atoms with Crippen LogP contribution in [-0.4, -0.2) is 33.6 Å². The lowest BCUT2D eigenvalue weighted by atomic mass is 10.1. The second-order valence-electron chi connectivity index (χ2n) is 2.49. The first kappa shape index (κ1) is 10.7. The number of aliphatic carboxylic acids is 1. The van der Waals surface area contributed by atoms with Gasteiger partial charge in [0.2, 0.25) is 0 Å². The summed E-state index contributed by atoms with van der Waals surface area (Å²) in [6.07, 6.45) is -1.10. The van der Waals surface area contributed by atoms with Crippen molar-refractivity contribution >= 4 is 18.6 Å². The molecule has 0 radical (unpaired) electrons. The minimum absolute atomic E-state index is 0.230. The second-order valence-corrected chi connectivity index (χ2v) is 3.31. The zero-order valence-electron chi connectivity index (χ0n) is 6.27. The summed E-state index contributed by atoms with van der Waals surface area (Å²) in [5.41, 5.74) is 5.34. The summed E-state index contributed by atoms with van der Waals surface area (Å²) in [5.74, 6) is -1.01. The molecule has 3 atom stereocenters. The highest BCUT2D eigenvalue weighted by atomic mass is 32.1. The Kier molecular flexibility index (Phi) is 4.48. The highest BCUT2D eigenvalue weighted by molar-refractivity contribution is 7.81. The van der Waals surface area contributed by atoms with Gasteiger partial charge in [-0.05, 0) is 0 Å². The van der Waals surface area contributed by atoms with Crippen LogP contribution in [0.4, 0.5) is 0 Å². The number of thiol groups is 1. The van der Waals surface area contributed by atoms with Crippen LogP contribution in [-0.2, 0) is 4.79 Å². The van der Waals surface area contributed by atoms with Gasteiger partial charge in [-0.15, -0.1) is 0 Å². The molecule has 4 nitrogen and oxygen atoms in total. The summed E-state index contributed by atoms with van der Waals surface area (Å²) in [5, 5.41) is 17.2. The van der Waals surface area contributed by atoms with Crippen LogP contribution >= 0.6 is 12.6 Å². The van der Waals surface area contributed by atoms with Crippen molar-refractivity contribution in [3.8, 4) is 0 Å². The van der Waals surface area contributed by atoms with Crippen molar-refractivity contribution in [3.05, 3.63) is 0 Å². The first-order valence-electron chi connectivity index (χ1n) is 3.28. The summed E-state index contributed by atoms with van der Waals surface area (Å²) in [6.45, 7) is 1.66. The predicted molar refractivity (Wildman–Crippen MR) is 44.7 cm³/mol. The molecule has 0 bridgehead atoms. The zero-order chi connectivity index (χ0) is 9.02. The standard InChI is InChI=1S/C6H13NO3S/c1-3(11)6(10)4(7)2-5(8)9/h3-4,6,10-11H,2,7H2,1H3,(H,8,9). The van der Waals surface area contributed by atoms with E-state index >= 15 is 0 Å². The van der Waals surface area contributed by atoms with Crippen LogP contribution in [0.15, 0.2) is 0 Å². The first-order chi connectivity index (χ1) is 4.95. The third-order valence-electron chi connectivity index (χ3n) is 1.34. The van der Waals surface area contributed by atoms with Crippen molar-refractivity contribution in [2.75, 3.05) is 0 Å². The number of hydrogen-bond acceptors (Lipinski definition) is 4. The Morgan fingerprint density at radius 3 is 2.45 bits per heavy atom. The van der Waals surface area contributed by atoms with Crippen LogP contribution in [0.25, 0.3) is 0 Å². The maximum Gasteiger partial charge on any atom is 0.305 e. The van der Waals surface area contributed by atoms with E-state index in [1.165, 1.54) is 0 Å². The third kappa shape index (κ3) is 4.23. The fourth-order valence-corrected chi connectivity index (χ4v) is 0.901. The van der Waals surface area contributed by atoms with Crippen LogP contribution in [0.1, 0.15) is 13.3 Å². The average molecular weight is 179 g/mol. The smallest absolute Gasteiger partial charge is 0.305 e. The van der Waals surface area contributed by atoms with E-state index in [0.717, 1.165) is 0 Å². The van der Waals surface area contributed by atoms with Gasteiger partial charge in [-0.1, -0.05) is 6.92 Å². The molecule has 0 heterocycles. The Morgan fingerprint density at radius 1 is 1.73 bits per heavy atom. The van der Waals surface area contributed by atoms with Crippen molar-refractivity contribution in [1.82, 2.24) is 0 Å². The van der Waals surface area contributed by atoms with E-state index in [0.29, 0.717) is 0 Å². The topological polar surface area (TPSA) is 83.5 Å². The Labute approximate surface area is 70.8 Å². The summed E-state index contributed by atoms with van der Waals surface area (Å²) in [7, 11) is 0. The summed E-state index contributed by atoms with van der Waals surface area (Å²) >= 11 is 3.93. The predicted octanol–water partition coefficient (Wildman–Crippen LogP) is -0.532. The minimum Gasteiger partial charge on any atom is -0.481 e. The van der Waals surface area contributed by atoms with E-state index in [-0.39, 0.29) is 11.7 Å². The van der Waals surface area contributed by atoms with Gasteiger partial charge in [0.15, 0.2) is 0 Å². The molecule has 0 fully saturated rings. The van der Waals surface area contributed by atoms with Gasteiger partial charge in [0, 0.05) is 11.3 Å². The number of nitrogens with two attached hydrogens (primary N) is 1. The monoisotopic (exact) mass is 179 g/mol. The number of rotatable bonds is 4. The Bertz CT molecular complexity index is 140. The molecule has 5 heteroatoms. The average Bonchev–Trinajstić information content (AvgIpc) is 1.84. The molecule has 0 aliphatic carbocycles. The normalized spacial score (nSPS) is 18.9. The van der Waals surface area contributed by atoms with Crippen LogP contribution in [0.5, 0.6) is 0 Å². The number of carboxylic acids is 1. The van der Waals surface area contributed by atoms with Crippen LogP contribution in [0, 0.1) is 0 Å². The van der Waals surface area contributed by atoms with Crippen molar-refractivity contribution in [2.24, 2.45) is 5.73 Å². The Balaban J connectivity index is 3.82. The van der Waals surface area contributed by atoms with Crippen LogP contribution in [0.3, 0.4) is 0 Å². The largest absolute Gasteiger partial charge is 0.481 e. The number of carboxylic acid groups (broad SMARTS) is 1. The molecule has 0 rings (SSSR count). The van der Waals surface area contributed by atoms with Crippen molar-refractivity contribution in [2.45, 2.75) is 30.7 Å². The molecule has 0 aromatic heterocycles. The Morgan fingerprint density at radius 2 is 2.18 bits per heavy atom. The van der Waals surface area contributed by atoms with Gasteiger partial charge in [-0.3, -0.25) is 4.79 Å². The van der Waals surface area contributed by atoms with Crippen molar-refractivity contribution in [1.29, 1.82) is 0 Å². The number of hydrogen-bond donors (Lipinski definition) is 4. The van der Waals surface area contributed by atoms with E-state index in [1.54, 1.807) is 6.92 Å². The lowest BCUT2D eigenvalue weighted by Gasteiger charge is -2.19. The number of aliphatic hydroxyl groups excluding tert-OH is 1. The Hall–Kier alpha value is -0.260. The molecule has 11 heavy (non-hydrogen) atoms. The summed E-state index contributed by atoms with van der Waals surface area (Å²) in [6, 6.07) is -0.736. The SMILES string of the molecule is CC(S)C(O)C(N)CC(=O)O. The fourth-order valence-electron chi connectivity index (χ4n) is 0.680. The van der Waals surface area contributed by atoms with Crippen LogP contribution < -0.4 is 5.73 Å². The van der Waals surface area contributed by atoms with E-state index in [9.17, 15) is 9.90 Å². The van der Waals surface area contributed by atoms with Crippen molar-refractivity contribution < 1.29 is 15.0 Å². The molecule has 0 amide bonds. The second kappa shape index (κ2) is 4.58. The molecule has 0 aromatic carbocycles. The molecule has 66 valence electrons. The molecule has 0 saturated carbocycles. The highest BCUT2D eigenvalue weighted by Gasteiger charge is 2.20. The lowest BCUT2D eigenvalue weighted by Crippen LogP contribution is -2.41. The van der Waals surface area contributed by atoms with Gasteiger partial charge in [0.25, 0.3) is 0 Å². The summed E-state index contributed by atoms with van der Waals surface area (Å²) < 4.78 is 0. The molecular weight excluding hydrogens is 166 g/mol. The molecule has 0 saturated heterocycles. The number of aliphatic hydroxyl groups is 1. The van der Waals surface area contributed by atoms with Crippen molar-refractivity contribution in [3.63, 3.8) is 0 Å².